The topological polar surface area (TPSA) is 44.5 Å². The van der Waals surface area contributed by atoms with Crippen molar-refractivity contribution in [2.75, 3.05) is 26.2 Å². The maximum absolute atomic E-state index is 10.6. The monoisotopic (exact) mass is 306 g/mol. The van der Waals surface area contributed by atoms with E-state index in [1.165, 1.54) is 44.3 Å². The van der Waals surface area contributed by atoms with Gasteiger partial charge >= 0.3 is 0 Å². The second-order valence-corrected chi connectivity index (χ2v) is 6.81. The van der Waals surface area contributed by atoms with Crippen LogP contribution in [0.15, 0.2) is 12.4 Å². The van der Waals surface area contributed by atoms with Crippen molar-refractivity contribution < 1.29 is 5.11 Å². The molecule has 0 spiro atoms. The van der Waals surface area contributed by atoms with Crippen LogP contribution in [-0.4, -0.2) is 63.0 Å². The molecule has 1 aromatic heterocycles. The van der Waals surface area contributed by atoms with Gasteiger partial charge in [-0.2, -0.15) is 5.10 Å². The number of β-amino-alcohol motifs (C(OH)–C–C–N with tert-alkyl or cyclic N) is 1. The highest BCUT2D eigenvalue weighted by atomic mass is 16.3. The molecule has 2 atom stereocenters. The Kier molecular flexibility index (Phi) is 5.50. The van der Waals surface area contributed by atoms with E-state index in [9.17, 15) is 5.11 Å². The van der Waals surface area contributed by atoms with Crippen molar-refractivity contribution in [2.24, 2.45) is 0 Å². The van der Waals surface area contributed by atoms with Crippen molar-refractivity contribution >= 4 is 0 Å². The number of rotatable bonds is 4. The van der Waals surface area contributed by atoms with Gasteiger partial charge in [-0.25, -0.2) is 0 Å². The van der Waals surface area contributed by atoms with Crippen molar-refractivity contribution in [3.05, 3.63) is 18.0 Å². The number of likely N-dealkylation sites (tertiary alicyclic amines) is 2. The number of aliphatic hydroxyl groups excluding tert-OH is 1. The summed E-state index contributed by atoms with van der Waals surface area (Å²) in [5, 5.41) is 14.9. The lowest BCUT2D eigenvalue weighted by molar-refractivity contribution is -0.0144. The van der Waals surface area contributed by atoms with Gasteiger partial charge in [-0.05, 0) is 39.3 Å². The number of aliphatic hydroxyl groups is 1. The maximum atomic E-state index is 10.6. The molecule has 0 radical (unpaired) electrons. The van der Waals surface area contributed by atoms with Gasteiger partial charge in [0.25, 0.3) is 0 Å². The summed E-state index contributed by atoms with van der Waals surface area (Å²) < 4.78 is 1.97. The van der Waals surface area contributed by atoms with Crippen LogP contribution < -0.4 is 0 Å². The molecule has 1 N–H and O–H groups in total. The van der Waals surface area contributed by atoms with E-state index in [1.54, 1.807) is 0 Å². The fourth-order valence-electron chi connectivity index (χ4n) is 3.90. The van der Waals surface area contributed by atoms with E-state index in [4.69, 9.17) is 0 Å². The first kappa shape index (κ1) is 16.0. The lowest BCUT2D eigenvalue weighted by Crippen LogP contribution is -2.54. The van der Waals surface area contributed by atoms with E-state index in [2.05, 4.69) is 28.0 Å². The number of hydrogen-bond donors (Lipinski definition) is 1. The third-order valence-corrected chi connectivity index (χ3v) is 5.16. The number of hydrogen-bond acceptors (Lipinski definition) is 4. The Balaban J connectivity index is 1.52. The molecule has 2 fully saturated rings. The normalized spacial score (nSPS) is 28.6. The molecule has 3 heterocycles. The summed E-state index contributed by atoms with van der Waals surface area (Å²) in [6, 6.07) is 0.368. The molecular weight excluding hydrogens is 276 g/mol. The molecule has 0 bridgehead atoms. The molecule has 0 saturated carbocycles. The second kappa shape index (κ2) is 7.57. The minimum absolute atomic E-state index is 0.215. The van der Waals surface area contributed by atoms with Gasteiger partial charge in [-0.3, -0.25) is 14.5 Å². The van der Waals surface area contributed by atoms with E-state index < -0.39 is 0 Å². The van der Waals surface area contributed by atoms with Crippen molar-refractivity contribution in [3.8, 4) is 0 Å². The first-order valence-corrected chi connectivity index (χ1v) is 8.92. The third-order valence-electron chi connectivity index (χ3n) is 5.16. The first-order chi connectivity index (χ1) is 10.8. The minimum atomic E-state index is -0.215. The van der Waals surface area contributed by atoms with E-state index >= 15 is 0 Å². The van der Waals surface area contributed by atoms with Crippen molar-refractivity contribution in [1.29, 1.82) is 0 Å². The average molecular weight is 306 g/mol. The predicted octanol–water partition coefficient (Wildman–Crippen LogP) is 1.71. The van der Waals surface area contributed by atoms with Crippen LogP contribution in [0.5, 0.6) is 0 Å². The van der Waals surface area contributed by atoms with Gasteiger partial charge in [0.1, 0.15) is 0 Å². The van der Waals surface area contributed by atoms with E-state index in [0.29, 0.717) is 6.04 Å². The Hall–Kier alpha value is -0.910. The lowest BCUT2D eigenvalue weighted by Gasteiger charge is -2.41. The highest BCUT2D eigenvalue weighted by molar-refractivity contribution is 5.04. The van der Waals surface area contributed by atoms with Crippen molar-refractivity contribution in [2.45, 2.75) is 64.3 Å². The number of aryl methyl sites for hydroxylation is 1. The van der Waals surface area contributed by atoms with Gasteiger partial charge in [0.05, 0.1) is 12.3 Å². The number of aromatic nitrogens is 2. The molecule has 22 heavy (non-hydrogen) atoms. The largest absolute Gasteiger partial charge is 0.390 e. The zero-order chi connectivity index (χ0) is 15.4. The standard InChI is InChI=1S/C17H30N4O/c1-2-21-13-15(11-18-21)12-19-10-7-16(17(22)14-19)20-8-5-3-4-6-9-20/h11,13,16-17,22H,2-10,12,14H2,1H3/t16-,17-/m1/s1. The molecule has 124 valence electrons. The van der Waals surface area contributed by atoms with Crippen LogP contribution in [0.25, 0.3) is 0 Å². The predicted molar refractivity (Wildman–Crippen MR) is 87.6 cm³/mol. The van der Waals surface area contributed by atoms with Gasteiger partial charge in [0, 0.05) is 44.0 Å². The second-order valence-electron chi connectivity index (χ2n) is 6.81. The zero-order valence-corrected chi connectivity index (χ0v) is 13.8. The zero-order valence-electron chi connectivity index (χ0n) is 13.8. The van der Waals surface area contributed by atoms with Gasteiger partial charge in [-0.1, -0.05) is 12.8 Å². The molecular formula is C17H30N4O. The fourth-order valence-corrected chi connectivity index (χ4v) is 3.90. The molecule has 5 heteroatoms. The van der Waals surface area contributed by atoms with Crippen LogP contribution in [-0.2, 0) is 13.1 Å². The Morgan fingerprint density at radius 3 is 2.59 bits per heavy atom. The van der Waals surface area contributed by atoms with E-state index in [-0.39, 0.29) is 6.10 Å². The summed E-state index contributed by atoms with van der Waals surface area (Å²) in [5.41, 5.74) is 1.25. The Bertz CT molecular complexity index is 453. The summed E-state index contributed by atoms with van der Waals surface area (Å²) in [6.07, 6.45) is 10.2. The molecule has 0 aromatic carbocycles. The number of nitrogens with zero attached hydrogens (tertiary/aromatic N) is 4. The number of piperidine rings is 1. The first-order valence-electron chi connectivity index (χ1n) is 8.92. The SMILES string of the molecule is CCn1cc(CN2CC[C@@H](N3CCCCCC3)[C@H](O)C2)cn1. The molecule has 3 rings (SSSR count). The van der Waals surface area contributed by atoms with E-state index in [0.717, 1.165) is 32.6 Å². The molecule has 5 nitrogen and oxygen atoms in total. The van der Waals surface area contributed by atoms with Crippen LogP contribution in [0.3, 0.4) is 0 Å². The highest BCUT2D eigenvalue weighted by Gasteiger charge is 2.32. The molecule has 2 saturated heterocycles. The van der Waals surface area contributed by atoms with E-state index in [1.807, 2.05) is 10.9 Å². The van der Waals surface area contributed by atoms with Crippen LogP contribution in [0.4, 0.5) is 0 Å². The highest BCUT2D eigenvalue weighted by Crippen LogP contribution is 2.22. The van der Waals surface area contributed by atoms with Gasteiger partial charge < -0.3 is 5.11 Å². The Morgan fingerprint density at radius 2 is 1.95 bits per heavy atom. The summed E-state index contributed by atoms with van der Waals surface area (Å²) in [5.74, 6) is 0. The fraction of sp³-hybridized carbons (Fsp3) is 0.824. The van der Waals surface area contributed by atoms with Crippen LogP contribution in [0, 0.1) is 0 Å². The Labute approximate surface area is 133 Å². The van der Waals surface area contributed by atoms with Crippen LogP contribution in [0.1, 0.15) is 44.6 Å². The molecule has 2 aliphatic rings. The maximum Gasteiger partial charge on any atom is 0.0822 e. The minimum Gasteiger partial charge on any atom is -0.390 e. The smallest absolute Gasteiger partial charge is 0.0822 e. The Morgan fingerprint density at radius 1 is 1.18 bits per heavy atom. The lowest BCUT2D eigenvalue weighted by atomic mass is 9.99. The van der Waals surface area contributed by atoms with Crippen LogP contribution >= 0.6 is 0 Å². The quantitative estimate of drug-likeness (QED) is 0.920. The third kappa shape index (κ3) is 3.89. The van der Waals surface area contributed by atoms with Gasteiger partial charge in [0.15, 0.2) is 0 Å². The van der Waals surface area contributed by atoms with Gasteiger partial charge in [-0.15, -0.1) is 0 Å². The average Bonchev–Trinajstić information content (AvgIpc) is 2.80. The summed E-state index contributed by atoms with van der Waals surface area (Å²) in [6.45, 7) is 8.14. The van der Waals surface area contributed by atoms with Crippen molar-refractivity contribution in [1.82, 2.24) is 19.6 Å². The molecule has 1 aromatic rings. The molecule has 0 aliphatic carbocycles. The molecule has 0 unspecified atom stereocenters. The van der Waals surface area contributed by atoms with Crippen molar-refractivity contribution in [3.63, 3.8) is 0 Å². The van der Waals surface area contributed by atoms with Crippen LogP contribution in [0.2, 0.25) is 0 Å². The summed E-state index contributed by atoms with van der Waals surface area (Å²) >= 11 is 0. The summed E-state index contributed by atoms with van der Waals surface area (Å²) in [4.78, 5) is 4.92. The summed E-state index contributed by atoms with van der Waals surface area (Å²) in [7, 11) is 0. The molecule has 2 aliphatic heterocycles. The van der Waals surface area contributed by atoms with Gasteiger partial charge in [0.2, 0.25) is 0 Å². The molecule has 0 amide bonds.